The Morgan fingerprint density at radius 1 is 1.10 bits per heavy atom. The quantitative estimate of drug-likeness (QED) is 0.122. The van der Waals surface area contributed by atoms with Crippen molar-refractivity contribution in [3.63, 3.8) is 0 Å². The molecule has 1 aliphatic heterocycles. The Balaban J connectivity index is -0.000000351. The average Bonchev–Trinajstić information content (AvgIpc) is 3.37. The summed E-state index contributed by atoms with van der Waals surface area (Å²) in [6.07, 6.45) is 14.7. The summed E-state index contributed by atoms with van der Waals surface area (Å²) in [5.41, 5.74) is 7.56. The van der Waals surface area contributed by atoms with E-state index in [2.05, 4.69) is 89.1 Å². The molecule has 7 nitrogen and oxygen atoms in total. The van der Waals surface area contributed by atoms with Crippen molar-refractivity contribution in [3.8, 4) is 0 Å². The molecule has 29 heavy (non-hydrogen) atoms. The number of hydrazine groups is 2. The van der Waals surface area contributed by atoms with Crippen molar-refractivity contribution in [2.75, 3.05) is 0 Å². The van der Waals surface area contributed by atoms with Crippen LogP contribution in [0.25, 0.3) is 0 Å². The first-order valence-electron chi connectivity index (χ1n) is 9.09. The van der Waals surface area contributed by atoms with Crippen LogP contribution in [0.4, 0.5) is 0 Å². The van der Waals surface area contributed by atoms with Gasteiger partial charge in [-0.15, -0.1) is 0 Å². The van der Waals surface area contributed by atoms with E-state index in [1.54, 1.807) is 0 Å². The van der Waals surface area contributed by atoms with Gasteiger partial charge in [-0.25, -0.2) is 10.2 Å². The third-order valence-corrected chi connectivity index (χ3v) is 4.78. The van der Waals surface area contributed by atoms with Gasteiger partial charge in [0.1, 0.15) is 0 Å². The average molecular weight is 790 g/mol. The molecule has 0 amide bonds. The van der Waals surface area contributed by atoms with Crippen LogP contribution in [0.15, 0.2) is 24.4 Å². The van der Waals surface area contributed by atoms with Crippen LogP contribution >= 0.6 is 59.9 Å². The van der Waals surface area contributed by atoms with E-state index in [-0.39, 0.29) is 17.8 Å². The van der Waals surface area contributed by atoms with Crippen LogP contribution in [-0.2, 0) is 9.72 Å². The van der Waals surface area contributed by atoms with Crippen molar-refractivity contribution >= 4 is 65.9 Å². The van der Waals surface area contributed by atoms with Gasteiger partial charge in [-0.2, -0.15) is 0 Å². The molecule has 11 heteroatoms. The first-order chi connectivity index (χ1) is 12.9. The predicted molar refractivity (Wildman–Crippen MR) is 145 cm³/mol. The van der Waals surface area contributed by atoms with Crippen LogP contribution in [0.2, 0.25) is 0 Å². The van der Waals surface area contributed by atoms with Gasteiger partial charge in [-0.1, -0.05) is 45.8 Å². The maximum absolute atomic E-state index is 10.1. The molecular weight excluding hydrogens is 752 g/mol. The summed E-state index contributed by atoms with van der Waals surface area (Å²) >= 11 is 7.39. The normalized spacial score (nSPS) is 20.9. The molecule has 3 fully saturated rings. The number of carboxylic acids is 1. The first kappa shape index (κ1) is 35.0. The minimum atomic E-state index is -0.827. The Hall–Kier alpha value is 1.36. The first-order valence-corrected chi connectivity index (χ1v) is 22.6. The molecular formula is C18H38I3N4O3V. The van der Waals surface area contributed by atoms with E-state index in [0.29, 0.717) is 12.0 Å². The molecule has 0 aromatic rings. The van der Waals surface area contributed by atoms with E-state index in [9.17, 15) is 4.79 Å². The number of nitrogens with two attached hydrogens (primary N) is 2. The third-order valence-electron chi connectivity index (χ3n) is 4.78. The second-order valence-electron chi connectivity index (χ2n) is 6.66. The fourth-order valence-electron chi connectivity index (χ4n) is 3.57. The van der Waals surface area contributed by atoms with Gasteiger partial charge < -0.3 is 16.0 Å². The summed E-state index contributed by atoms with van der Waals surface area (Å²) < 4.78 is 0. The molecule has 2 aliphatic carbocycles. The van der Waals surface area contributed by atoms with E-state index < -0.39 is 5.97 Å². The molecule has 9 N–H and O–H groups in total. The molecule has 0 aromatic heterocycles. The van der Waals surface area contributed by atoms with Crippen LogP contribution in [0, 0.1) is 11.8 Å². The van der Waals surface area contributed by atoms with Gasteiger partial charge in [0.15, 0.2) is 0 Å². The standard InChI is InChI=1S/C9H16N2.C8H12O2.CH4.3HI.H4N2.H2O.V/c1-7-6-9(11-10-7)8-4-2-3-5-8;9-8(10)6-5-7-3-1-2-4-7;;;;;1-2;;/h8-11H,1-6H2;5-7H,1-4H2,(H,9,10);1H4;3*1H;1-2H2;1H2;/q;;;;;;;;+3/p-3/b;6-5+;;;;;;;. The maximum atomic E-state index is 10.1. The molecule has 1 saturated heterocycles. The third kappa shape index (κ3) is 19.8. The molecule has 1 heterocycles. The SMILES string of the molecule is C.C=C1CC(C2CCCC2)NN1.NN.O.O=C(O)/C=C/C1CCCC1.[I][V]([I])[I]. The van der Waals surface area contributed by atoms with Gasteiger partial charge >= 0.3 is 70.8 Å². The van der Waals surface area contributed by atoms with E-state index in [1.807, 2.05) is 6.08 Å². The van der Waals surface area contributed by atoms with E-state index in [4.69, 9.17) is 5.11 Å². The fraction of sp³-hybridized carbons (Fsp3) is 0.722. The number of carbonyl (C=O) groups is 1. The summed E-state index contributed by atoms with van der Waals surface area (Å²) in [5, 5.41) is 8.29. The Morgan fingerprint density at radius 3 is 1.93 bits per heavy atom. The van der Waals surface area contributed by atoms with Crippen molar-refractivity contribution in [2.45, 2.75) is 71.3 Å². The molecule has 2 saturated carbocycles. The molecule has 1 unspecified atom stereocenters. The molecule has 0 spiro atoms. The Kier molecular flexibility index (Phi) is 27.2. The van der Waals surface area contributed by atoms with E-state index in [0.717, 1.165) is 18.0 Å². The Morgan fingerprint density at radius 2 is 1.55 bits per heavy atom. The number of hydrogen-bond acceptors (Lipinski definition) is 5. The van der Waals surface area contributed by atoms with Crippen molar-refractivity contribution in [1.82, 2.24) is 10.9 Å². The fourth-order valence-corrected chi connectivity index (χ4v) is 3.57. The van der Waals surface area contributed by atoms with Crippen molar-refractivity contribution in [3.05, 3.63) is 24.4 Å². The Bertz CT molecular complexity index is 445. The zero-order chi connectivity index (χ0) is 20.7. The Labute approximate surface area is 214 Å². The zero-order valence-corrected chi connectivity index (χ0v) is 23.9. The van der Waals surface area contributed by atoms with Crippen LogP contribution in [0.3, 0.4) is 0 Å². The van der Waals surface area contributed by atoms with Crippen LogP contribution in [0.5, 0.6) is 0 Å². The van der Waals surface area contributed by atoms with Gasteiger partial charge in [0.25, 0.3) is 0 Å². The molecule has 174 valence electrons. The van der Waals surface area contributed by atoms with E-state index >= 15 is 0 Å². The van der Waals surface area contributed by atoms with Gasteiger partial charge in [0.2, 0.25) is 0 Å². The number of nitrogens with one attached hydrogen (secondary N) is 2. The van der Waals surface area contributed by atoms with Gasteiger partial charge in [0, 0.05) is 24.2 Å². The number of hydrogen-bond donors (Lipinski definition) is 5. The van der Waals surface area contributed by atoms with Crippen LogP contribution in [-0.4, -0.2) is 22.6 Å². The van der Waals surface area contributed by atoms with Crippen molar-refractivity contribution in [1.29, 1.82) is 0 Å². The summed E-state index contributed by atoms with van der Waals surface area (Å²) in [5.74, 6) is 8.62. The molecule has 0 radical (unpaired) electrons. The second-order valence-corrected chi connectivity index (χ2v) is 42.0. The summed E-state index contributed by atoms with van der Waals surface area (Å²) in [6, 6.07) is 0.671. The topological polar surface area (TPSA) is 145 Å². The molecule has 3 aliphatic rings. The molecule has 0 bridgehead atoms. The predicted octanol–water partition coefficient (Wildman–Crippen LogP) is 4.66. The number of halogens is 3. The van der Waals surface area contributed by atoms with Crippen LogP contribution in [0.1, 0.15) is 65.2 Å². The van der Waals surface area contributed by atoms with E-state index in [1.165, 1.54) is 57.4 Å². The summed E-state index contributed by atoms with van der Waals surface area (Å²) in [6.45, 7) is 3.90. The number of carboxylic acid groups (broad SMARTS) is 1. The van der Waals surface area contributed by atoms with Gasteiger partial charge in [0.05, 0.1) is 0 Å². The second kappa shape index (κ2) is 22.6. The van der Waals surface area contributed by atoms with Crippen molar-refractivity contribution < 1.29 is 20.3 Å². The van der Waals surface area contributed by atoms with Gasteiger partial charge in [-0.05, 0) is 37.5 Å². The van der Waals surface area contributed by atoms with Crippen molar-refractivity contribution in [2.24, 2.45) is 23.5 Å². The number of rotatable bonds is 3. The van der Waals surface area contributed by atoms with Gasteiger partial charge in [-0.3, -0.25) is 11.7 Å². The molecule has 3 rings (SSSR count). The summed E-state index contributed by atoms with van der Waals surface area (Å²) in [7, 11) is 0. The minimum absolute atomic E-state index is 0. The molecule has 0 aromatic carbocycles. The van der Waals surface area contributed by atoms with Crippen LogP contribution < -0.4 is 22.5 Å². The number of allylic oxidation sites excluding steroid dienone is 1. The molecule has 1 atom stereocenters. The monoisotopic (exact) mass is 790 g/mol. The summed E-state index contributed by atoms with van der Waals surface area (Å²) in [4.78, 5) is 9.79. The number of aliphatic carboxylic acids is 1. The zero-order valence-electron chi connectivity index (χ0n) is 16.0.